The molecule has 2 aromatic carbocycles. The van der Waals surface area contributed by atoms with Gasteiger partial charge in [0.05, 0.1) is 33.0 Å². The fourth-order valence-electron chi connectivity index (χ4n) is 5.20. The van der Waals surface area contributed by atoms with Gasteiger partial charge in [-0.2, -0.15) is 0 Å². The Kier molecular flexibility index (Phi) is 8.73. The molecular weight excluding hydrogens is 486 g/mol. The minimum atomic E-state index is -0.546. The van der Waals surface area contributed by atoms with Gasteiger partial charge in [0.15, 0.2) is 17.3 Å². The molecule has 4 rings (SSSR count). The molecule has 0 saturated carbocycles. The molecule has 0 amide bonds. The molecule has 0 aromatic heterocycles. The number of benzene rings is 2. The number of ether oxygens (including phenoxy) is 5. The number of carbonyl (C=O) groups excluding carboxylic acids is 2. The summed E-state index contributed by atoms with van der Waals surface area (Å²) in [7, 11) is 4.74. The van der Waals surface area contributed by atoms with Crippen LogP contribution in [0.25, 0.3) is 0 Å². The number of ketones is 1. The second-order valence-electron chi connectivity index (χ2n) is 9.26. The highest BCUT2D eigenvalue weighted by Crippen LogP contribution is 2.46. The van der Waals surface area contributed by atoms with E-state index in [4.69, 9.17) is 23.7 Å². The maximum absolute atomic E-state index is 13.8. The zero-order valence-electron chi connectivity index (χ0n) is 22.6. The number of dihydropyridines is 1. The summed E-state index contributed by atoms with van der Waals surface area (Å²) < 4.78 is 27.0. The lowest BCUT2D eigenvalue weighted by Crippen LogP contribution is -2.36. The number of hydrogen-bond acceptors (Lipinski definition) is 8. The van der Waals surface area contributed by atoms with E-state index in [-0.39, 0.29) is 18.3 Å². The number of esters is 1. The van der Waals surface area contributed by atoms with E-state index in [0.29, 0.717) is 54.4 Å². The van der Waals surface area contributed by atoms with Gasteiger partial charge in [-0.3, -0.25) is 4.79 Å². The fraction of sp³-hybridized carbons (Fsp3) is 0.400. The summed E-state index contributed by atoms with van der Waals surface area (Å²) in [5.74, 6) is 0.930. The lowest BCUT2D eigenvalue weighted by atomic mass is 9.71. The van der Waals surface area contributed by atoms with Crippen LogP contribution in [0.2, 0.25) is 0 Å². The van der Waals surface area contributed by atoms with Gasteiger partial charge < -0.3 is 29.0 Å². The Balaban J connectivity index is 1.73. The van der Waals surface area contributed by atoms with E-state index in [0.717, 1.165) is 22.6 Å². The molecule has 8 heteroatoms. The van der Waals surface area contributed by atoms with Crippen molar-refractivity contribution < 1.29 is 33.3 Å². The third kappa shape index (κ3) is 5.55. The summed E-state index contributed by atoms with van der Waals surface area (Å²) >= 11 is 0. The second-order valence-corrected chi connectivity index (χ2v) is 9.26. The molecule has 38 heavy (non-hydrogen) atoms. The minimum Gasteiger partial charge on any atom is -0.494 e. The van der Waals surface area contributed by atoms with Crippen LogP contribution in [-0.2, 0) is 19.1 Å². The number of hydrogen-bond donors (Lipinski definition) is 1. The van der Waals surface area contributed by atoms with Crippen LogP contribution >= 0.6 is 0 Å². The average molecular weight is 522 g/mol. The molecule has 1 aliphatic carbocycles. The van der Waals surface area contributed by atoms with E-state index >= 15 is 0 Å². The maximum atomic E-state index is 13.8. The first kappa shape index (κ1) is 27.3. The molecule has 202 valence electrons. The van der Waals surface area contributed by atoms with Crippen molar-refractivity contribution in [2.45, 2.75) is 38.5 Å². The number of nitrogens with one attached hydrogen (secondary N) is 1. The molecule has 0 spiro atoms. The highest BCUT2D eigenvalue weighted by molar-refractivity contribution is 6.04. The zero-order valence-corrected chi connectivity index (χ0v) is 22.6. The van der Waals surface area contributed by atoms with Crippen LogP contribution < -0.4 is 19.5 Å². The quantitative estimate of drug-likeness (QED) is 0.357. The van der Waals surface area contributed by atoms with Crippen molar-refractivity contribution >= 4 is 11.8 Å². The van der Waals surface area contributed by atoms with Crippen molar-refractivity contribution in [2.24, 2.45) is 0 Å². The van der Waals surface area contributed by atoms with Crippen molar-refractivity contribution in [1.82, 2.24) is 5.32 Å². The van der Waals surface area contributed by atoms with Crippen molar-refractivity contribution in [3.63, 3.8) is 0 Å². The number of methoxy groups -OCH3 is 3. The van der Waals surface area contributed by atoms with E-state index in [9.17, 15) is 9.59 Å². The van der Waals surface area contributed by atoms with Gasteiger partial charge in [-0.05, 0) is 61.6 Å². The minimum absolute atomic E-state index is 0.00730. The molecule has 8 nitrogen and oxygen atoms in total. The van der Waals surface area contributed by atoms with Gasteiger partial charge in [-0.15, -0.1) is 0 Å². The summed E-state index contributed by atoms with van der Waals surface area (Å²) in [6, 6.07) is 13.3. The Morgan fingerprint density at radius 3 is 2.32 bits per heavy atom. The fourth-order valence-corrected chi connectivity index (χ4v) is 5.20. The van der Waals surface area contributed by atoms with E-state index in [2.05, 4.69) is 5.32 Å². The Morgan fingerprint density at radius 2 is 1.66 bits per heavy atom. The predicted molar refractivity (Wildman–Crippen MR) is 143 cm³/mol. The summed E-state index contributed by atoms with van der Waals surface area (Å²) in [6.07, 6.45) is 0.933. The van der Waals surface area contributed by atoms with Gasteiger partial charge in [0.1, 0.15) is 12.4 Å². The lowest BCUT2D eigenvalue weighted by molar-refractivity contribution is -0.140. The van der Waals surface area contributed by atoms with Crippen LogP contribution in [0.3, 0.4) is 0 Å². The molecular formula is C30H35NO7. The summed E-state index contributed by atoms with van der Waals surface area (Å²) in [5, 5.41) is 3.38. The molecule has 0 radical (unpaired) electrons. The van der Waals surface area contributed by atoms with Crippen LogP contribution in [0, 0.1) is 0 Å². The molecule has 2 aromatic rings. The molecule has 0 fully saturated rings. The van der Waals surface area contributed by atoms with Crippen molar-refractivity contribution in [1.29, 1.82) is 0 Å². The Bertz CT molecular complexity index is 1250. The van der Waals surface area contributed by atoms with Crippen LogP contribution in [-0.4, -0.2) is 52.9 Å². The van der Waals surface area contributed by atoms with E-state index in [1.165, 1.54) is 0 Å². The van der Waals surface area contributed by atoms with Crippen LogP contribution in [0.4, 0.5) is 0 Å². The van der Waals surface area contributed by atoms with Gasteiger partial charge >= 0.3 is 5.97 Å². The molecule has 0 saturated heterocycles. The van der Waals surface area contributed by atoms with Gasteiger partial charge in [-0.25, -0.2) is 4.79 Å². The maximum Gasteiger partial charge on any atom is 0.336 e. The van der Waals surface area contributed by atoms with Gasteiger partial charge in [0.25, 0.3) is 0 Å². The van der Waals surface area contributed by atoms with E-state index in [1.807, 2.05) is 56.3 Å². The Hall–Kier alpha value is -3.78. The van der Waals surface area contributed by atoms with Gasteiger partial charge in [0, 0.05) is 36.4 Å². The smallest absolute Gasteiger partial charge is 0.336 e. The molecule has 1 heterocycles. The SMILES string of the molecule is CCOc1ccc([C@@H]2C(C(=O)OCCOC)=C(C)NC3=C2C(=O)C[C@@H](c2ccc(OC)c(OC)c2)C3)cc1. The normalized spacial score (nSPS) is 19.0. The monoisotopic (exact) mass is 521 g/mol. The van der Waals surface area contributed by atoms with Crippen molar-refractivity contribution in [3.8, 4) is 17.2 Å². The zero-order chi connectivity index (χ0) is 27.2. The molecule has 2 aliphatic rings. The first-order valence-corrected chi connectivity index (χ1v) is 12.8. The Labute approximate surface area is 223 Å². The van der Waals surface area contributed by atoms with Crippen LogP contribution in [0.5, 0.6) is 17.2 Å². The average Bonchev–Trinajstić information content (AvgIpc) is 2.92. The highest BCUT2D eigenvalue weighted by Gasteiger charge is 2.41. The van der Waals surface area contributed by atoms with Crippen molar-refractivity contribution in [3.05, 3.63) is 76.1 Å². The molecule has 1 N–H and O–H groups in total. The third-order valence-electron chi connectivity index (χ3n) is 6.97. The van der Waals surface area contributed by atoms with Crippen LogP contribution in [0.1, 0.15) is 49.7 Å². The molecule has 0 bridgehead atoms. The first-order valence-electron chi connectivity index (χ1n) is 12.8. The van der Waals surface area contributed by atoms with Crippen LogP contribution in [0.15, 0.2) is 65.0 Å². The first-order chi connectivity index (χ1) is 18.4. The largest absolute Gasteiger partial charge is 0.494 e. The van der Waals surface area contributed by atoms with Gasteiger partial charge in [-0.1, -0.05) is 18.2 Å². The number of carbonyl (C=O) groups is 2. The van der Waals surface area contributed by atoms with E-state index in [1.54, 1.807) is 21.3 Å². The highest BCUT2D eigenvalue weighted by atomic mass is 16.6. The molecule has 1 aliphatic heterocycles. The molecule has 2 atom stereocenters. The number of allylic oxidation sites excluding steroid dienone is 3. The number of Topliss-reactive ketones (excluding diaryl/α,β-unsaturated/α-hetero) is 1. The summed E-state index contributed by atoms with van der Waals surface area (Å²) in [4.78, 5) is 27.1. The molecule has 0 unspecified atom stereocenters. The summed E-state index contributed by atoms with van der Waals surface area (Å²) in [6.45, 7) is 4.74. The third-order valence-corrected chi connectivity index (χ3v) is 6.97. The summed E-state index contributed by atoms with van der Waals surface area (Å²) in [5.41, 5.74) is 4.36. The van der Waals surface area contributed by atoms with Gasteiger partial charge in [0.2, 0.25) is 0 Å². The van der Waals surface area contributed by atoms with Crippen molar-refractivity contribution in [2.75, 3.05) is 41.2 Å². The topological polar surface area (TPSA) is 92.3 Å². The van der Waals surface area contributed by atoms with E-state index < -0.39 is 11.9 Å². The Morgan fingerprint density at radius 1 is 0.947 bits per heavy atom. The second kappa shape index (κ2) is 12.2. The lowest BCUT2D eigenvalue weighted by Gasteiger charge is -2.36. The predicted octanol–water partition coefficient (Wildman–Crippen LogP) is 4.65. The number of rotatable bonds is 10. The standard InChI is InChI=1S/C30H35NO7/c1-6-37-22-10-7-19(8-11-22)28-27(30(33)38-14-13-34-3)18(2)31-23-15-21(16-24(32)29(23)28)20-9-12-25(35-4)26(17-20)36-5/h7-12,17,21,28,31H,6,13-16H2,1-5H3/t21-,28+/m0/s1.